The number of benzene rings is 1. The van der Waals surface area contributed by atoms with Gasteiger partial charge in [0.25, 0.3) is 5.69 Å². The largest absolute Gasteiger partial charge is 0.376 e. The summed E-state index contributed by atoms with van der Waals surface area (Å²) in [7, 11) is 0. The van der Waals surface area contributed by atoms with Crippen LogP contribution in [0.5, 0.6) is 0 Å². The van der Waals surface area contributed by atoms with Gasteiger partial charge < -0.3 is 5.32 Å². The molecule has 1 heterocycles. The topological polar surface area (TPSA) is 91.8 Å². The van der Waals surface area contributed by atoms with Crippen LogP contribution < -0.4 is 5.32 Å². The fourth-order valence-corrected chi connectivity index (χ4v) is 3.03. The second kappa shape index (κ2) is 5.89. The molecule has 0 fully saturated rings. The summed E-state index contributed by atoms with van der Waals surface area (Å²) in [6.07, 6.45) is 0. The molecular weight excluding hydrogens is 288 g/mol. The van der Waals surface area contributed by atoms with Gasteiger partial charge in [0.15, 0.2) is 0 Å². The Labute approximate surface area is 126 Å². The first-order valence-electron chi connectivity index (χ1n) is 6.31. The summed E-state index contributed by atoms with van der Waals surface area (Å²) in [5.41, 5.74) is 1.66. The second-order valence-corrected chi connectivity index (χ2v) is 6.05. The Balaban J connectivity index is 2.29. The number of nitrogens with zero attached hydrogens (tertiary/aromatic N) is 3. The van der Waals surface area contributed by atoms with E-state index in [4.69, 9.17) is 5.26 Å². The Hall–Kier alpha value is -2.46. The highest BCUT2D eigenvalue weighted by Gasteiger charge is 2.16. The van der Waals surface area contributed by atoms with E-state index in [2.05, 4.69) is 10.3 Å². The molecular formula is C14H14N4O2S. The highest BCUT2D eigenvalue weighted by Crippen LogP contribution is 2.28. The number of nitrogens with one attached hydrogen (secondary N) is 1. The standard InChI is InChI=1S/C14H14N4O2S/c1-8(14-9(2)21-10(3)17-14)16-13-5-4-12(18(19)20)6-11(13)7-15/h4-6,8,16H,1-3H3. The lowest BCUT2D eigenvalue weighted by Gasteiger charge is -2.15. The molecule has 0 bridgehead atoms. The molecule has 0 amide bonds. The number of anilines is 1. The summed E-state index contributed by atoms with van der Waals surface area (Å²) >= 11 is 1.62. The highest BCUT2D eigenvalue weighted by molar-refractivity contribution is 7.11. The molecule has 0 radical (unpaired) electrons. The van der Waals surface area contributed by atoms with Crippen molar-refractivity contribution in [2.24, 2.45) is 0 Å². The van der Waals surface area contributed by atoms with Crippen molar-refractivity contribution in [1.82, 2.24) is 4.98 Å². The number of rotatable bonds is 4. The average molecular weight is 302 g/mol. The smallest absolute Gasteiger partial charge is 0.270 e. The van der Waals surface area contributed by atoms with Gasteiger partial charge in [-0.2, -0.15) is 5.26 Å². The maximum Gasteiger partial charge on any atom is 0.270 e. The van der Waals surface area contributed by atoms with Gasteiger partial charge in [-0.25, -0.2) is 4.98 Å². The van der Waals surface area contributed by atoms with Crippen LogP contribution >= 0.6 is 11.3 Å². The minimum Gasteiger partial charge on any atom is -0.376 e. The maximum absolute atomic E-state index is 10.7. The molecule has 1 unspecified atom stereocenters. The molecule has 21 heavy (non-hydrogen) atoms. The molecule has 0 aliphatic carbocycles. The zero-order valence-corrected chi connectivity index (χ0v) is 12.7. The number of hydrogen-bond donors (Lipinski definition) is 1. The van der Waals surface area contributed by atoms with E-state index in [1.165, 1.54) is 12.1 Å². The molecule has 1 atom stereocenters. The van der Waals surface area contributed by atoms with Crippen molar-refractivity contribution in [3.8, 4) is 6.07 Å². The fourth-order valence-electron chi connectivity index (χ4n) is 2.11. The van der Waals surface area contributed by atoms with Crippen LogP contribution in [-0.4, -0.2) is 9.91 Å². The second-order valence-electron chi connectivity index (χ2n) is 4.64. The van der Waals surface area contributed by atoms with E-state index in [0.29, 0.717) is 5.69 Å². The Kier molecular flexibility index (Phi) is 4.19. The van der Waals surface area contributed by atoms with E-state index in [1.54, 1.807) is 17.4 Å². The third-order valence-corrected chi connectivity index (χ3v) is 3.96. The molecule has 0 saturated carbocycles. The molecule has 0 saturated heterocycles. The number of aryl methyl sites for hydroxylation is 2. The van der Waals surface area contributed by atoms with Crippen molar-refractivity contribution >= 4 is 22.7 Å². The van der Waals surface area contributed by atoms with Gasteiger partial charge in [-0.05, 0) is 26.8 Å². The van der Waals surface area contributed by atoms with Crippen LogP contribution in [0, 0.1) is 35.3 Å². The van der Waals surface area contributed by atoms with Gasteiger partial charge in [0.2, 0.25) is 0 Å². The van der Waals surface area contributed by atoms with E-state index in [9.17, 15) is 10.1 Å². The zero-order valence-electron chi connectivity index (χ0n) is 11.9. The van der Waals surface area contributed by atoms with Crippen LogP contribution in [0.3, 0.4) is 0 Å². The maximum atomic E-state index is 10.7. The first-order valence-corrected chi connectivity index (χ1v) is 7.13. The zero-order chi connectivity index (χ0) is 15.6. The number of hydrogen-bond acceptors (Lipinski definition) is 6. The first kappa shape index (κ1) is 14.9. The Morgan fingerprint density at radius 2 is 2.19 bits per heavy atom. The average Bonchev–Trinajstić information content (AvgIpc) is 2.78. The summed E-state index contributed by atoms with van der Waals surface area (Å²) in [6.45, 7) is 5.89. The predicted molar refractivity (Wildman–Crippen MR) is 81.4 cm³/mol. The van der Waals surface area contributed by atoms with Gasteiger partial charge in [-0.3, -0.25) is 10.1 Å². The summed E-state index contributed by atoms with van der Waals surface area (Å²) < 4.78 is 0. The molecule has 1 aromatic heterocycles. The van der Waals surface area contributed by atoms with E-state index in [-0.39, 0.29) is 17.3 Å². The number of thiazole rings is 1. The Bertz CT molecular complexity index is 733. The van der Waals surface area contributed by atoms with Gasteiger partial charge in [0, 0.05) is 17.0 Å². The molecule has 6 nitrogen and oxygen atoms in total. The third-order valence-electron chi connectivity index (χ3n) is 3.06. The lowest BCUT2D eigenvalue weighted by molar-refractivity contribution is -0.384. The van der Waals surface area contributed by atoms with E-state index >= 15 is 0 Å². The first-order chi connectivity index (χ1) is 9.92. The third kappa shape index (κ3) is 3.17. The van der Waals surface area contributed by atoms with Gasteiger partial charge in [0.05, 0.1) is 32.9 Å². The molecule has 2 aromatic rings. The predicted octanol–water partition coefficient (Wildman–Crippen LogP) is 3.71. The van der Waals surface area contributed by atoms with Crippen molar-refractivity contribution in [2.75, 3.05) is 5.32 Å². The monoisotopic (exact) mass is 302 g/mol. The van der Waals surface area contributed by atoms with Crippen LogP contribution in [0.25, 0.3) is 0 Å². The summed E-state index contributed by atoms with van der Waals surface area (Å²) in [4.78, 5) is 15.8. The van der Waals surface area contributed by atoms with Gasteiger partial charge >= 0.3 is 0 Å². The van der Waals surface area contributed by atoms with Crippen molar-refractivity contribution in [3.05, 3.63) is 49.5 Å². The van der Waals surface area contributed by atoms with E-state index in [0.717, 1.165) is 15.6 Å². The fraction of sp³-hybridized carbons (Fsp3) is 0.286. The van der Waals surface area contributed by atoms with Crippen LogP contribution in [0.15, 0.2) is 18.2 Å². The lowest BCUT2D eigenvalue weighted by atomic mass is 10.1. The molecule has 1 N–H and O–H groups in total. The lowest BCUT2D eigenvalue weighted by Crippen LogP contribution is -2.09. The SMILES string of the molecule is Cc1nc(C(C)Nc2ccc([N+](=O)[O-])cc2C#N)c(C)s1. The summed E-state index contributed by atoms with van der Waals surface area (Å²) in [5, 5.41) is 24.1. The molecule has 2 rings (SSSR count). The summed E-state index contributed by atoms with van der Waals surface area (Å²) in [6, 6.07) is 6.12. The van der Waals surface area contributed by atoms with Crippen molar-refractivity contribution < 1.29 is 4.92 Å². The van der Waals surface area contributed by atoms with Crippen LogP contribution in [0.1, 0.15) is 34.1 Å². The number of non-ortho nitro benzene ring substituents is 1. The number of nitro benzene ring substituents is 1. The number of nitriles is 1. The molecule has 1 aromatic carbocycles. The molecule has 7 heteroatoms. The van der Waals surface area contributed by atoms with E-state index in [1.807, 2.05) is 26.8 Å². The minimum absolute atomic E-state index is 0.0801. The van der Waals surface area contributed by atoms with Crippen LogP contribution in [0.2, 0.25) is 0 Å². The van der Waals surface area contributed by atoms with Crippen molar-refractivity contribution in [3.63, 3.8) is 0 Å². The van der Waals surface area contributed by atoms with Gasteiger partial charge in [0.1, 0.15) is 6.07 Å². The summed E-state index contributed by atoms with van der Waals surface area (Å²) in [5.74, 6) is 0. The van der Waals surface area contributed by atoms with Gasteiger partial charge in [-0.15, -0.1) is 11.3 Å². The molecule has 0 aliphatic heterocycles. The normalized spacial score (nSPS) is 11.7. The van der Waals surface area contributed by atoms with Crippen LogP contribution in [-0.2, 0) is 0 Å². The number of nitro groups is 1. The van der Waals surface area contributed by atoms with Crippen LogP contribution in [0.4, 0.5) is 11.4 Å². The molecule has 108 valence electrons. The Morgan fingerprint density at radius 3 is 2.71 bits per heavy atom. The molecule has 0 spiro atoms. The van der Waals surface area contributed by atoms with Crippen molar-refractivity contribution in [2.45, 2.75) is 26.8 Å². The highest BCUT2D eigenvalue weighted by atomic mass is 32.1. The van der Waals surface area contributed by atoms with Crippen molar-refractivity contribution in [1.29, 1.82) is 5.26 Å². The number of aromatic nitrogens is 1. The molecule has 0 aliphatic rings. The van der Waals surface area contributed by atoms with Gasteiger partial charge in [-0.1, -0.05) is 0 Å². The Morgan fingerprint density at radius 1 is 1.48 bits per heavy atom. The van der Waals surface area contributed by atoms with E-state index < -0.39 is 4.92 Å². The minimum atomic E-state index is -0.512. The quantitative estimate of drug-likeness (QED) is 0.686.